The number of hydrogen-bond donors (Lipinski definition) is 2. The summed E-state index contributed by atoms with van der Waals surface area (Å²) in [5.41, 5.74) is 0. The number of carbonyl (C=O) groups excluding carboxylic acids is 1. The molecule has 134 valence electrons. The van der Waals surface area contributed by atoms with Crippen molar-refractivity contribution in [3.05, 3.63) is 6.20 Å². The van der Waals surface area contributed by atoms with E-state index in [1.807, 2.05) is 6.92 Å². The van der Waals surface area contributed by atoms with Crippen molar-refractivity contribution < 1.29 is 9.53 Å². The second-order valence-electron chi connectivity index (χ2n) is 5.90. The Hall–Kier alpha value is -2.12. The number of piperidine rings is 1. The summed E-state index contributed by atoms with van der Waals surface area (Å²) in [6.07, 6.45) is 6.62. The number of nitrogens with zero attached hydrogens (tertiary/aromatic N) is 4. The third kappa shape index (κ3) is 5.82. The summed E-state index contributed by atoms with van der Waals surface area (Å²) in [4.78, 5) is 17.9. The molecule has 1 aromatic heterocycles. The highest BCUT2D eigenvalue weighted by molar-refractivity contribution is 5.67. The van der Waals surface area contributed by atoms with Crippen LogP contribution in [0.3, 0.4) is 0 Å². The summed E-state index contributed by atoms with van der Waals surface area (Å²) in [5.74, 6) is 1.28. The third-order valence-corrected chi connectivity index (χ3v) is 4.00. The highest BCUT2D eigenvalue weighted by Crippen LogP contribution is 2.15. The molecule has 2 rings (SSSR count). The molecule has 0 saturated carbocycles. The number of ether oxygens (including phenoxy) is 1. The van der Waals surface area contributed by atoms with Gasteiger partial charge in [-0.15, -0.1) is 5.10 Å². The van der Waals surface area contributed by atoms with Crippen molar-refractivity contribution in [1.29, 1.82) is 0 Å². The number of rotatable bonds is 8. The SMILES string of the molecule is CCCCCNc1cnnc(NC2CCN(C(=O)OCC)CC2)n1. The highest BCUT2D eigenvalue weighted by atomic mass is 16.6. The van der Waals surface area contributed by atoms with Gasteiger partial charge in [0.15, 0.2) is 0 Å². The lowest BCUT2D eigenvalue weighted by molar-refractivity contribution is 0.0983. The quantitative estimate of drug-likeness (QED) is 0.705. The molecule has 8 heteroatoms. The van der Waals surface area contributed by atoms with Crippen LogP contribution >= 0.6 is 0 Å². The molecule has 0 aromatic carbocycles. The summed E-state index contributed by atoms with van der Waals surface area (Å²) >= 11 is 0. The maximum absolute atomic E-state index is 11.7. The van der Waals surface area contributed by atoms with Crippen LogP contribution in [0, 0.1) is 0 Å². The fourth-order valence-electron chi connectivity index (χ4n) is 2.65. The van der Waals surface area contributed by atoms with E-state index in [-0.39, 0.29) is 12.1 Å². The van der Waals surface area contributed by atoms with Gasteiger partial charge < -0.3 is 20.3 Å². The molecule has 1 saturated heterocycles. The van der Waals surface area contributed by atoms with Gasteiger partial charge in [-0.2, -0.15) is 10.1 Å². The van der Waals surface area contributed by atoms with Crippen molar-refractivity contribution in [2.45, 2.75) is 52.0 Å². The predicted octanol–water partition coefficient (Wildman–Crippen LogP) is 2.51. The zero-order valence-corrected chi connectivity index (χ0v) is 14.6. The lowest BCUT2D eigenvalue weighted by atomic mass is 10.1. The van der Waals surface area contributed by atoms with Crippen molar-refractivity contribution in [3.63, 3.8) is 0 Å². The van der Waals surface area contributed by atoms with Gasteiger partial charge in [-0.3, -0.25) is 0 Å². The molecule has 8 nitrogen and oxygen atoms in total. The molecule has 2 N–H and O–H groups in total. The molecule has 0 bridgehead atoms. The highest BCUT2D eigenvalue weighted by Gasteiger charge is 2.24. The van der Waals surface area contributed by atoms with E-state index in [2.05, 4.69) is 32.7 Å². The van der Waals surface area contributed by atoms with Gasteiger partial charge in [0.2, 0.25) is 5.95 Å². The molecule has 1 fully saturated rings. The second-order valence-corrected chi connectivity index (χ2v) is 5.90. The lowest BCUT2D eigenvalue weighted by Crippen LogP contribution is -2.42. The van der Waals surface area contributed by atoms with Crippen LogP contribution < -0.4 is 10.6 Å². The van der Waals surface area contributed by atoms with E-state index < -0.39 is 0 Å². The molecule has 0 unspecified atom stereocenters. The Morgan fingerprint density at radius 3 is 2.83 bits per heavy atom. The van der Waals surface area contributed by atoms with Gasteiger partial charge >= 0.3 is 6.09 Å². The second kappa shape index (κ2) is 9.89. The number of unbranched alkanes of at least 4 members (excludes halogenated alkanes) is 2. The monoisotopic (exact) mass is 336 g/mol. The number of likely N-dealkylation sites (tertiary alicyclic amines) is 1. The Morgan fingerprint density at radius 1 is 1.33 bits per heavy atom. The van der Waals surface area contributed by atoms with E-state index in [4.69, 9.17) is 4.74 Å². The van der Waals surface area contributed by atoms with E-state index in [9.17, 15) is 4.79 Å². The number of anilines is 2. The standard InChI is InChI=1S/C16H28N6O2/c1-3-5-6-9-17-14-12-18-21-15(20-14)19-13-7-10-22(11-8-13)16(23)24-4-2/h12-13H,3-11H2,1-2H3,(H2,17,19,20,21). The molecule has 1 aliphatic heterocycles. The van der Waals surface area contributed by atoms with Crippen LogP contribution in [-0.4, -0.2) is 58.5 Å². The van der Waals surface area contributed by atoms with E-state index in [1.165, 1.54) is 12.8 Å². The zero-order valence-electron chi connectivity index (χ0n) is 14.6. The number of carbonyl (C=O) groups is 1. The molecular weight excluding hydrogens is 308 g/mol. The Kier molecular flexibility index (Phi) is 7.51. The lowest BCUT2D eigenvalue weighted by Gasteiger charge is -2.31. The van der Waals surface area contributed by atoms with E-state index in [0.717, 1.165) is 31.6 Å². The number of nitrogens with one attached hydrogen (secondary N) is 2. The normalized spacial score (nSPS) is 15.2. The molecule has 0 radical (unpaired) electrons. The molecular formula is C16H28N6O2. The zero-order chi connectivity index (χ0) is 17.2. The van der Waals surface area contributed by atoms with Crippen LogP contribution in [0.25, 0.3) is 0 Å². The third-order valence-electron chi connectivity index (χ3n) is 4.00. The summed E-state index contributed by atoms with van der Waals surface area (Å²) in [7, 11) is 0. The Labute approximate surface area is 143 Å². The van der Waals surface area contributed by atoms with Gasteiger partial charge in [0.1, 0.15) is 5.82 Å². The minimum Gasteiger partial charge on any atom is -0.450 e. The van der Waals surface area contributed by atoms with E-state index in [0.29, 0.717) is 25.6 Å². The van der Waals surface area contributed by atoms with Crippen molar-refractivity contribution in [2.24, 2.45) is 0 Å². The topological polar surface area (TPSA) is 92.3 Å². The largest absolute Gasteiger partial charge is 0.450 e. The fourth-order valence-corrected chi connectivity index (χ4v) is 2.65. The molecule has 0 aliphatic carbocycles. The van der Waals surface area contributed by atoms with Crippen LogP contribution in [0.4, 0.5) is 16.6 Å². The van der Waals surface area contributed by atoms with Gasteiger partial charge in [-0.05, 0) is 26.2 Å². The average Bonchev–Trinajstić information content (AvgIpc) is 2.60. The van der Waals surface area contributed by atoms with Crippen LogP contribution in [0.5, 0.6) is 0 Å². The van der Waals surface area contributed by atoms with Gasteiger partial charge in [-0.25, -0.2) is 4.79 Å². The molecule has 2 heterocycles. The predicted molar refractivity (Wildman–Crippen MR) is 93.1 cm³/mol. The minimum atomic E-state index is -0.229. The minimum absolute atomic E-state index is 0.229. The maximum Gasteiger partial charge on any atom is 0.409 e. The smallest absolute Gasteiger partial charge is 0.409 e. The van der Waals surface area contributed by atoms with Gasteiger partial charge in [0.25, 0.3) is 0 Å². The first-order valence-electron chi connectivity index (χ1n) is 8.84. The molecule has 24 heavy (non-hydrogen) atoms. The summed E-state index contributed by atoms with van der Waals surface area (Å²) in [6, 6.07) is 0.243. The molecule has 1 amide bonds. The fraction of sp³-hybridized carbons (Fsp3) is 0.750. The average molecular weight is 336 g/mol. The van der Waals surface area contributed by atoms with Crippen LogP contribution in [0.15, 0.2) is 6.20 Å². The van der Waals surface area contributed by atoms with Gasteiger partial charge in [0.05, 0.1) is 12.8 Å². The molecule has 1 aliphatic rings. The first-order chi connectivity index (χ1) is 11.7. The van der Waals surface area contributed by atoms with Crippen molar-refractivity contribution in [3.8, 4) is 0 Å². The Morgan fingerprint density at radius 2 is 2.12 bits per heavy atom. The number of amides is 1. The van der Waals surface area contributed by atoms with E-state index >= 15 is 0 Å². The van der Waals surface area contributed by atoms with Crippen LogP contribution in [0.1, 0.15) is 46.0 Å². The summed E-state index contributed by atoms with van der Waals surface area (Å²) in [6.45, 7) is 6.66. The number of aromatic nitrogens is 3. The Balaban J connectivity index is 1.77. The molecule has 0 spiro atoms. The van der Waals surface area contributed by atoms with Gasteiger partial charge in [0, 0.05) is 25.7 Å². The Bertz CT molecular complexity index is 505. The first-order valence-corrected chi connectivity index (χ1v) is 8.84. The van der Waals surface area contributed by atoms with Crippen molar-refractivity contribution in [2.75, 3.05) is 36.9 Å². The van der Waals surface area contributed by atoms with Crippen LogP contribution in [0.2, 0.25) is 0 Å². The summed E-state index contributed by atoms with van der Waals surface area (Å²) < 4.78 is 5.03. The molecule has 1 aromatic rings. The number of hydrogen-bond acceptors (Lipinski definition) is 7. The summed E-state index contributed by atoms with van der Waals surface area (Å²) in [5, 5.41) is 14.6. The van der Waals surface area contributed by atoms with Crippen molar-refractivity contribution in [1.82, 2.24) is 20.1 Å². The van der Waals surface area contributed by atoms with Crippen LogP contribution in [-0.2, 0) is 4.74 Å². The maximum atomic E-state index is 11.7. The van der Waals surface area contributed by atoms with E-state index in [1.54, 1.807) is 11.1 Å². The van der Waals surface area contributed by atoms with Crippen molar-refractivity contribution >= 4 is 17.9 Å². The first kappa shape index (κ1) is 18.2. The molecule has 0 atom stereocenters. The van der Waals surface area contributed by atoms with Gasteiger partial charge in [-0.1, -0.05) is 19.8 Å².